The number of piperazine rings is 1. The van der Waals surface area contributed by atoms with Gasteiger partial charge in [-0.1, -0.05) is 17.7 Å². The highest BCUT2D eigenvalue weighted by atomic mass is 16.2. The molecule has 0 aliphatic carbocycles. The van der Waals surface area contributed by atoms with Crippen LogP contribution in [0.15, 0.2) is 43.0 Å². The molecule has 0 bridgehead atoms. The molecule has 2 heterocycles. The zero-order valence-electron chi connectivity index (χ0n) is 13.0. The molecule has 5 heteroatoms. The topological polar surface area (TPSA) is 41.4 Å². The lowest BCUT2D eigenvalue weighted by molar-refractivity contribution is 0.0633. The van der Waals surface area contributed by atoms with E-state index < -0.39 is 0 Å². The summed E-state index contributed by atoms with van der Waals surface area (Å²) in [7, 11) is 0. The fourth-order valence-electron chi connectivity index (χ4n) is 2.73. The van der Waals surface area contributed by atoms with Gasteiger partial charge in [0.25, 0.3) is 5.91 Å². The second kappa shape index (κ2) is 6.75. The molecule has 116 valence electrons. The second-order valence-corrected chi connectivity index (χ2v) is 5.80. The lowest BCUT2D eigenvalue weighted by Gasteiger charge is -2.34. The minimum absolute atomic E-state index is 0.147. The van der Waals surface area contributed by atoms with Crippen molar-refractivity contribution in [2.24, 2.45) is 0 Å². The summed E-state index contributed by atoms with van der Waals surface area (Å²) in [6.45, 7) is 7.47. The summed E-state index contributed by atoms with van der Waals surface area (Å²) in [5.41, 5.74) is 1.97. The van der Waals surface area contributed by atoms with Crippen LogP contribution in [0, 0.1) is 6.92 Å². The van der Waals surface area contributed by atoms with Crippen molar-refractivity contribution in [1.82, 2.24) is 19.4 Å². The van der Waals surface area contributed by atoms with E-state index in [1.807, 2.05) is 48.6 Å². The van der Waals surface area contributed by atoms with Crippen molar-refractivity contribution in [2.75, 3.05) is 32.7 Å². The van der Waals surface area contributed by atoms with Gasteiger partial charge in [-0.2, -0.15) is 0 Å². The van der Waals surface area contributed by atoms with Crippen LogP contribution in [0.1, 0.15) is 15.9 Å². The van der Waals surface area contributed by atoms with Gasteiger partial charge < -0.3 is 9.47 Å². The highest BCUT2D eigenvalue weighted by Crippen LogP contribution is 2.10. The zero-order valence-corrected chi connectivity index (χ0v) is 13.0. The van der Waals surface area contributed by atoms with E-state index in [2.05, 4.69) is 14.5 Å². The molecular weight excluding hydrogens is 276 g/mol. The Morgan fingerprint density at radius 1 is 1.09 bits per heavy atom. The van der Waals surface area contributed by atoms with Crippen molar-refractivity contribution < 1.29 is 4.79 Å². The maximum atomic E-state index is 12.5. The van der Waals surface area contributed by atoms with Gasteiger partial charge in [0.15, 0.2) is 0 Å². The molecule has 0 saturated carbocycles. The van der Waals surface area contributed by atoms with Gasteiger partial charge in [0.1, 0.15) is 0 Å². The molecule has 1 saturated heterocycles. The number of aromatic nitrogens is 2. The molecule has 1 aromatic heterocycles. The van der Waals surface area contributed by atoms with E-state index in [1.165, 1.54) is 5.56 Å². The van der Waals surface area contributed by atoms with Gasteiger partial charge in [-0.3, -0.25) is 9.69 Å². The van der Waals surface area contributed by atoms with Crippen LogP contribution in [-0.4, -0.2) is 58.0 Å². The molecule has 1 fully saturated rings. The van der Waals surface area contributed by atoms with Crippen molar-refractivity contribution in [2.45, 2.75) is 13.5 Å². The summed E-state index contributed by atoms with van der Waals surface area (Å²) in [6, 6.07) is 7.83. The van der Waals surface area contributed by atoms with Crippen molar-refractivity contribution in [3.8, 4) is 0 Å². The maximum absolute atomic E-state index is 12.5. The van der Waals surface area contributed by atoms with E-state index >= 15 is 0 Å². The SMILES string of the molecule is Cc1ccc(C(=O)N2CCN(CCn3ccnc3)CC2)cc1. The van der Waals surface area contributed by atoms with E-state index in [4.69, 9.17) is 0 Å². The number of benzene rings is 1. The maximum Gasteiger partial charge on any atom is 0.253 e. The van der Waals surface area contributed by atoms with E-state index in [-0.39, 0.29) is 5.91 Å². The van der Waals surface area contributed by atoms with Crippen LogP contribution < -0.4 is 0 Å². The molecule has 3 rings (SSSR count). The third-order valence-electron chi connectivity index (χ3n) is 4.19. The second-order valence-electron chi connectivity index (χ2n) is 5.80. The number of aryl methyl sites for hydroxylation is 1. The molecule has 0 atom stereocenters. The van der Waals surface area contributed by atoms with Gasteiger partial charge >= 0.3 is 0 Å². The molecule has 1 aliphatic rings. The number of nitrogens with zero attached hydrogens (tertiary/aromatic N) is 4. The predicted octanol–water partition coefficient (Wildman–Crippen LogP) is 1.65. The smallest absolute Gasteiger partial charge is 0.253 e. The Balaban J connectivity index is 1.48. The average Bonchev–Trinajstić information content (AvgIpc) is 3.07. The summed E-state index contributed by atoms with van der Waals surface area (Å²) < 4.78 is 2.09. The number of imidazole rings is 1. The van der Waals surface area contributed by atoms with Crippen molar-refractivity contribution >= 4 is 5.91 Å². The van der Waals surface area contributed by atoms with Gasteiger partial charge in [0, 0.05) is 57.2 Å². The van der Waals surface area contributed by atoms with Crippen molar-refractivity contribution in [3.05, 3.63) is 54.1 Å². The van der Waals surface area contributed by atoms with Crippen LogP contribution in [0.25, 0.3) is 0 Å². The minimum atomic E-state index is 0.147. The Kier molecular flexibility index (Phi) is 4.53. The number of amides is 1. The number of carbonyl (C=O) groups is 1. The van der Waals surface area contributed by atoms with E-state index in [0.29, 0.717) is 0 Å². The molecule has 22 heavy (non-hydrogen) atoms. The van der Waals surface area contributed by atoms with E-state index in [1.54, 1.807) is 6.20 Å². The molecule has 5 nitrogen and oxygen atoms in total. The molecule has 1 aliphatic heterocycles. The Morgan fingerprint density at radius 2 is 1.82 bits per heavy atom. The van der Waals surface area contributed by atoms with Crippen LogP contribution in [0.5, 0.6) is 0 Å². The first-order valence-electron chi connectivity index (χ1n) is 7.76. The molecule has 0 unspecified atom stereocenters. The normalized spacial score (nSPS) is 16.0. The van der Waals surface area contributed by atoms with Crippen molar-refractivity contribution in [1.29, 1.82) is 0 Å². The molecular formula is C17H22N4O. The third kappa shape index (κ3) is 3.54. The number of carbonyl (C=O) groups excluding carboxylic acids is 1. The van der Waals surface area contributed by atoms with Crippen molar-refractivity contribution in [3.63, 3.8) is 0 Å². The Hall–Kier alpha value is -2.14. The minimum Gasteiger partial charge on any atom is -0.336 e. The summed E-state index contributed by atoms with van der Waals surface area (Å²) >= 11 is 0. The summed E-state index contributed by atoms with van der Waals surface area (Å²) in [5.74, 6) is 0.147. The first-order chi connectivity index (χ1) is 10.7. The van der Waals surface area contributed by atoms with Gasteiger partial charge in [-0.05, 0) is 19.1 Å². The fraction of sp³-hybridized carbons (Fsp3) is 0.412. The lowest BCUT2D eigenvalue weighted by atomic mass is 10.1. The first kappa shape index (κ1) is 14.8. The summed E-state index contributed by atoms with van der Waals surface area (Å²) in [4.78, 5) is 20.9. The Labute approximate surface area is 131 Å². The van der Waals surface area contributed by atoms with Crippen LogP contribution in [0.4, 0.5) is 0 Å². The molecule has 0 N–H and O–H groups in total. The number of rotatable bonds is 4. The molecule has 1 amide bonds. The number of hydrogen-bond acceptors (Lipinski definition) is 3. The highest BCUT2D eigenvalue weighted by molar-refractivity contribution is 5.94. The summed E-state index contributed by atoms with van der Waals surface area (Å²) in [6.07, 6.45) is 5.63. The van der Waals surface area contributed by atoms with Gasteiger partial charge in [0.05, 0.1) is 6.33 Å². The van der Waals surface area contributed by atoms with Gasteiger partial charge in [0.2, 0.25) is 0 Å². The molecule has 2 aromatic rings. The van der Waals surface area contributed by atoms with Crippen LogP contribution in [-0.2, 0) is 6.54 Å². The monoisotopic (exact) mass is 298 g/mol. The fourth-order valence-corrected chi connectivity index (χ4v) is 2.73. The van der Waals surface area contributed by atoms with E-state index in [0.717, 1.165) is 44.8 Å². The molecule has 0 spiro atoms. The van der Waals surface area contributed by atoms with E-state index in [9.17, 15) is 4.79 Å². The highest BCUT2D eigenvalue weighted by Gasteiger charge is 2.21. The summed E-state index contributed by atoms with van der Waals surface area (Å²) in [5, 5.41) is 0. The Morgan fingerprint density at radius 3 is 2.45 bits per heavy atom. The van der Waals surface area contributed by atoms with Gasteiger partial charge in [-0.15, -0.1) is 0 Å². The molecule has 1 aromatic carbocycles. The standard InChI is InChI=1S/C17H22N4O/c1-15-2-4-16(5-3-15)17(22)21-12-10-19(11-13-21)8-9-20-7-6-18-14-20/h2-7,14H,8-13H2,1H3. The largest absolute Gasteiger partial charge is 0.336 e. The van der Waals surface area contributed by atoms with Crippen LogP contribution >= 0.6 is 0 Å². The Bertz CT molecular complexity index is 598. The predicted molar refractivity (Wildman–Crippen MR) is 85.7 cm³/mol. The lowest BCUT2D eigenvalue weighted by Crippen LogP contribution is -2.49. The van der Waals surface area contributed by atoms with Gasteiger partial charge in [-0.25, -0.2) is 4.98 Å². The van der Waals surface area contributed by atoms with Crippen LogP contribution in [0.3, 0.4) is 0 Å². The van der Waals surface area contributed by atoms with Crippen LogP contribution in [0.2, 0.25) is 0 Å². The number of hydrogen-bond donors (Lipinski definition) is 0. The average molecular weight is 298 g/mol. The first-order valence-corrected chi connectivity index (χ1v) is 7.76. The molecule has 0 radical (unpaired) electrons. The third-order valence-corrected chi connectivity index (χ3v) is 4.19. The quantitative estimate of drug-likeness (QED) is 0.862. The zero-order chi connectivity index (χ0) is 15.4.